The quantitative estimate of drug-likeness (QED) is 0.673. The van der Waals surface area contributed by atoms with Crippen molar-refractivity contribution < 1.29 is 9.13 Å². The average molecular weight is 313 g/mol. The van der Waals surface area contributed by atoms with Crippen molar-refractivity contribution in [1.82, 2.24) is 9.97 Å². The van der Waals surface area contributed by atoms with Crippen molar-refractivity contribution in [2.24, 2.45) is 5.84 Å². The first-order valence-corrected chi connectivity index (χ1v) is 5.82. The Morgan fingerprint density at radius 3 is 2.89 bits per heavy atom. The molecule has 0 spiro atoms. The third-order valence-corrected chi connectivity index (χ3v) is 2.90. The van der Waals surface area contributed by atoms with E-state index in [1.54, 1.807) is 12.1 Å². The van der Waals surface area contributed by atoms with Crippen LogP contribution in [0.25, 0.3) is 0 Å². The number of anilines is 1. The fourth-order valence-corrected chi connectivity index (χ4v) is 1.72. The molecule has 5 nitrogen and oxygen atoms in total. The van der Waals surface area contributed by atoms with E-state index in [1.165, 1.54) is 12.4 Å². The van der Waals surface area contributed by atoms with Crippen molar-refractivity contribution in [2.45, 2.75) is 6.92 Å². The molecule has 94 valence electrons. The molecular weight excluding hydrogens is 303 g/mol. The van der Waals surface area contributed by atoms with Crippen LogP contribution in [-0.4, -0.2) is 9.97 Å². The summed E-state index contributed by atoms with van der Waals surface area (Å²) >= 11 is 3.23. The predicted molar refractivity (Wildman–Crippen MR) is 68.8 cm³/mol. The zero-order valence-corrected chi connectivity index (χ0v) is 11.0. The average Bonchev–Trinajstić information content (AvgIpc) is 2.36. The Kier molecular flexibility index (Phi) is 3.73. The van der Waals surface area contributed by atoms with Crippen molar-refractivity contribution >= 4 is 21.7 Å². The van der Waals surface area contributed by atoms with Gasteiger partial charge < -0.3 is 10.2 Å². The van der Waals surface area contributed by atoms with Gasteiger partial charge in [-0.1, -0.05) is 6.07 Å². The molecule has 3 N–H and O–H groups in total. The van der Waals surface area contributed by atoms with Crippen molar-refractivity contribution in [2.75, 3.05) is 5.43 Å². The molecule has 0 bridgehead atoms. The van der Waals surface area contributed by atoms with E-state index in [1.807, 2.05) is 6.92 Å². The molecule has 2 rings (SSSR count). The standard InChI is InChI=1S/C11H10BrFN4O/c1-6-2-3-7(13)8(4-6)18-11-9(12)10(17-14)15-5-16-11/h2-5H,14H2,1H3,(H,15,16,17). The van der Waals surface area contributed by atoms with Crippen LogP contribution in [0.5, 0.6) is 11.6 Å². The summed E-state index contributed by atoms with van der Waals surface area (Å²) in [5, 5.41) is 0. The minimum atomic E-state index is -0.464. The summed E-state index contributed by atoms with van der Waals surface area (Å²) in [6, 6.07) is 4.57. The molecule has 0 aliphatic carbocycles. The third-order valence-electron chi connectivity index (χ3n) is 2.19. The van der Waals surface area contributed by atoms with E-state index in [2.05, 4.69) is 31.3 Å². The van der Waals surface area contributed by atoms with Crippen LogP contribution in [0.1, 0.15) is 5.56 Å². The number of aryl methyl sites for hydroxylation is 1. The Morgan fingerprint density at radius 1 is 1.39 bits per heavy atom. The lowest BCUT2D eigenvalue weighted by molar-refractivity contribution is 0.423. The molecule has 2 aromatic rings. The molecule has 1 aromatic carbocycles. The van der Waals surface area contributed by atoms with Crippen LogP contribution in [-0.2, 0) is 0 Å². The van der Waals surface area contributed by atoms with Gasteiger partial charge in [-0.2, -0.15) is 0 Å². The van der Waals surface area contributed by atoms with E-state index in [4.69, 9.17) is 10.6 Å². The topological polar surface area (TPSA) is 73.1 Å². The molecule has 7 heteroatoms. The Bertz CT molecular complexity index is 579. The van der Waals surface area contributed by atoms with Crippen LogP contribution < -0.4 is 16.0 Å². The molecule has 0 amide bonds. The fourth-order valence-electron chi connectivity index (χ4n) is 1.32. The van der Waals surface area contributed by atoms with Crippen molar-refractivity contribution in [3.8, 4) is 11.6 Å². The first kappa shape index (κ1) is 12.7. The zero-order valence-electron chi connectivity index (χ0n) is 9.45. The molecule has 1 heterocycles. The highest BCUT2D eigenvalue weighted by atomic mass is 79.9. The van der Waals surface area contributed by atoms with E-state index >= 15 is 0 Å². The number of aromatic nitrogens is 2. The SMILES string of the molecule is Cc1ccc(F)c(Oc2ncnc(NN)c2Br)c1. The highest BCUT2D eigenvalue weighted by molar-refractivity contribution is 9.10. The van der Waals surface area contributed by atoms with Gasteiger partial charge in [-0.05, 0) is 40.5 Å². The zero-order chi connectivity index (χ0) is 13.1. The Balaban J connectivity index is 2.37. The second kappa shape index (κ2) is 5.28. The minimum Gasteiger partial charge on any atom is -0.435 e. The molecule has 18 heavy (non-hydrogen) atoms. The summed E-state index contributed by atoms with van der Waals surface area (Å²) in [7, 11) is 0. The summed E-state index contributed by atoms with van der Waals surface area (Å²) < 4.78 is 19.4. The summed E-state index contributed by atoms with van der Waals surface area (Å²) in [5.74, 6) is 5.43. The van der Waals surface area contributed by atoms with E-state index in [0.29, 0.717) is 10.3 Å². The fraction of sp³-hybridized carbons (Fsp3) is 0.0909. The normalized spacial score (nSPS) is 10.2. The number of nitrogens with one attached hydrogen (secondary N) is 1. The van der Waals surface area contributed by atoms with Crippen molar-refractivity contribution in [3.05, 3.63) is 40.4 Å². The summed E-state index contributed by atoms with van der Waals surface area (Å²) in [5.41, 5.74) is 3.26. The number of rotatable bonds is 3. The molecule has 0 saturated carbocycles. The summed E-state index contributed by atoms with van der Waals surface area (Å²) in [4.78, 5) is 7.78. The molecule has 0 saturated heterocycles. The monoisotopic (exact) mass is 312 g/mol. The van der Waals surface area contributed by atoms with Crippen LogP contribution in [0, 0.1) is 12.7 Å². The molecular formula is C11H10BrFN4O. The summed E-state index contributed by atoms with van der Waals surface area (Å²) in [6.07, 6.45) is 1.27. The van der Waals surface area contributed by atoms with Gasteiger partial charge in [0.15, 0.2) is 17.4 Å². The van der Waals surface area contributed by atoms with Gasteiger partial charge in [-0.15, -0.1) is 0 Å². The highest BCUT2D eigenvalue weighted by Crippen LogP contribution is 2.32. The lowest BCUT2D eigenvalue weighted by atomic mass is 10.2. The van der Waals surface area contributed by atoms with Crippen LogP contribution >= 0.6 is 15.9 Å². The van der Waals surface area contributed by atoms with E-state index in [-0.39, 0.29) is 11.6 Å². The van der Waals surface area contributed by atoms with E-state index < -0.39 is 5.82 Å². The van der Waals surface area contributed by atoms with Gasteiger partial charge >= 0.3 is 0 Å². The first-order valence-electron chi connectivity index (χ1n) is 5.03. The van der Waals surface area contributed by atoms with Gasteiger partial charge in [-0.25, -0.2) is 20.2 Å². The minimum absolute atomic E-state index is 0.0948. The maximum atomic E-state index is 13.5. The molecule has 0 aliphatic heterocycles. The molecule has 0 atom stereocenters. The highest BCUT2D eigenvalue weighted by Gasteiger charge is 2.12. The lowest BCUT2D eigenvalue weighted by Gasteiger charge is -2.09. The maximum absolute atomic E-state index is 13.5. The number of ether oxygens (including phenoxy) is 1. The van der Waals surface area contributed by atoms with Gasteiger partial charge in [0.25, 0.3) is 0 Å². The number of hydrogen-bond donors (Lipinski definition) is 2. The Morgan fingerprint density at radius 2 is 2.17 bits per heavy atom. The Labute approximate surface area is 111 Å². The van der Waals surface area contributed by atoms with Crippen LogP contribution in [0.3, 0.4) is 0 Å². The van der Waals surface area contributed by atoms with Crippen LogP contribution in [0.2, 0.25) is 0 Å². The largest absolute Gasteiger partial charge is 0.435 e. The first-order chi connectivity index (χ1) is 8.61. The number of nitrogen functional groups attached to an aromatic ring is 1. The van der Waals surface area contributed by atoms with Gasteiger partial charge in [0, 0.05) is 0 Å². The number of hydrogen-bond acceptors (Lipinski definition) is 5. The lowest BCUT2D eigenvalue weighted by Crippen LogP contribution is -2.10. The molecule has 0 radical (unpaired) electrons. The molecule has 0 aliphatic rings. The van der Waals surface area contributed by atoms with Crippen LogP contribution in [0.4, 0.5) is 10.2 Å². The Hall–Kier alpha value is -1.73. The number of hydrazine groups is 1. The van der Waals surface area contributed by atoms with Crippen molar-refractivity contribution in [1.29, 1.82) is 0 Å². The second-order valence-electron chi connectivity index (χ2n) is 3.52. The van der Waals surface area contributed by atoms with Crippen LogP contribution in [0.15, 0.2) is 29.0 Å². The maximum Gasteiger partial charge on any atom is 0.239 e. The van der Waals surface area contributed by atoms with Crippen molar-refractivity contribution in [3.63, 3.8) is 0 Å². The van der Waals surface area contributed by atoms with Gasteiger partial charge in [0.2, 0.25) is 5.88 Å². The van der Waals surface area contributed by atoms with Gasteiger partial charge in [-0.3, -0.25) is 0 Å². The number of halogens is 2. The second-order valence-corrected chi connectivity index (χ2v) is 4.31. The smallest absolute Gasteiger partial charge is 0.239 e. The number of nitrogens with two attached hydrogens (primary N) is 1. The molecule has 0 unspecified atom stereocenters. The molecule has 1 aromatic heterocycles. The van der Waals surface area contributed by atoms with E-state index in [9.17, 15) is 4.39 Å². The van der Waals surface area contributed by atoms with Gasteiger partial charge in [0.1, 0.15) is 10.8 Å². The number of nitrogens with zero attached hydrogens (tertiary/aromatic N) is 2. The predicted octanol–water partition coefficient (Wildman–Crippen LogP) is 2.76. The van der Waals surface area contributed by atoms with Gasteiger partial charge in [0.05, 0.1) is 0 Å². The summed E-state index contributed by atoms with van der Waals surface area (Å²) in [6.45, 7) is 1.84. The number of benzene rings is 1. The van der Waals surface area contributed by atoms with E-state index in [0.717, 1.165) is 5.56 Å². The molecule has 0 fully saturated rings. The third kappa shape index (κ3) is 2.57.